The van der Waals surface area contributed by atoms with Crippen molar-refractivity contribution in [1.29, 1.82) is 0 Å². The van der Waals surface area contributed by atoms with E-state index in [0.717, 1.165) is 16.8 Å². The van der Waals surface area contributed by atoms with Crippen LogP contribution < -0.4 is 10.1 Å². The van der Waals surface area contributed by atoms with Crippen LogP contribution in [-0.4, -0.2) is 24.1 Å². The monoisotopic (exact) mass is 310 g/mol. The van der Waals surface area contributed by atoms with Gasteiger partial charge in [-0.2, -0.15) is 0 Å². The number of methoxy groups -OCH3 is 1. The highest BCUT2D eigenvalue weighted by molar-refractivity contribution is 8.14. The molecule has 0 radical (unpaired) electrons. The van der Waals surface area contributed by atoms with Crippen LogP contribution in [0.15, 0.2) is 23.2 Å². The van der Waals surface area contributed by atoms with E-state index < -0.39 is 0 Å². The molecule has 2 atom stereocenters. The van der Waals surface area contributed by atoms with Gasteiger partial charge in [0.05, 0.1) is 18.2 Å². The predicted octanol–water partition coefficient (Wildman–Crippen LogP) is 4.42. The van der Waals surface area contributed by atoms with Crippen molar-refractivity contribution in [2.45, 2.75) is 31.7 Å². The fourth-order valence-electron chi connectivity index (χ4n) is 2.86. The predicted molar refractivity (Wildman–Crippen MR) is 87.3 cm³/mol. The van der Waals surface area contributed by atoms with Gasteiger partial charge in [0.25, 0.3) is 0 Å². The van der Waals surface area contributed by atoms with E-state index in [2.05, 4.69) is 5.32 Å². The summed E-state index contributed by atoms with van der Waals surface area (Å²) in [5.74, 6) is 2.65. The Hall–Kier alpha value is -0.870. The molecule has 1 fully saturated rings. The van der Waals surface area contributed by atoms with Crippen molar-refractivity contribution in [3.8, 4) is 5.75 Å². The summed E-state index contributed by atoms with van der Waals surface area (Å²) in [6.45, 7) is 0. The Labute approximate surface area is 129 Å². The lowest BCUT2D eigenvalue weighted by molar-refractivity contribution is 0.336. The van der Waals surface area contributed by atoms with Gasteiger partial charge in [0.15, 0.2) is 5.17 Å². The van der Waals surface area contributed by atoms with E-state index in [0.29, 0.717) is 16.8 Å². The zero-order chi connectivity index (χ0) is 13.9. The van der Waals surface area contributed by atoms with E-state index in [1.54, 1.807) is 7.11 Å². The number of benzene rings is 1. The Morgan fingerprint density at radius 2 is 2.20 bits per heavy atom. The number of amidine groups is 1. The van der Waals surface area contributed by atoms with Gasteiger partial charge in [-0.15, -0.1) is 0 Å². The molecule has 0 bridgehead atoms. The number of hydrogen-bond donors (Lipinski definition) is 1. The topological polar surface area (TPSA) is 33.6 Å². The Balaban J connectivity index is 1.73. The van der Waals surface area contributed by atoms with E-state index in [1.807, 2.05) is 30.0 Å². The summed E-state index contributed by atoms with van der Waals surface area (Å²) in [6, 6.07) is 6.24. The lowest BCUT2D eigenvalue weighted by atomic mass is 9.86. The van der Waals surface area contributed by atoms with Crippen molar-refractivity contribution in [1.82, 2.24) is 0 Å². The van der Waals surface area contributed by atoms with Gasteiger partial charge < -0.3 is 10.1 Å². The number of nitrogens with one attached hydrogen (secondary N) is 1. The van der Waals surface area contributed by atoms with E-state index in [4.69, 9.17) is 21.3 Å². The van der Waals surface area contributed by atoms with Crippen LogP contribution >= 0.6 is 23.4 Å². The average molecular weight is 311 g/mol. The number of ether oxygens (including phenoxy) is 1. The number of fused-ring (bicyclic) bond motifs is 1. The third-order valence-electron chi connectivity index (χ3n) is 3.99. The summed E-state index contributed by atoms with van der Waals surface area (Å²) in [7, 11) is 1.63. The van der Waals surface area contributed by atoms with Gasteiger partial charge in [0, 0.05) is 17.5 Å². The second-order valence-corrected chi connectivity index (χ2v) is 6.75. The summed E-state index contributed by atoms with van der Waals surface area (Å²) in [6.07, 6.45) is 5.26. The third kappa shape index (κ3) is 3.07. The van der Waals surface area contributed by atoms with E-state index in [-0.39, 0.29) is 0 Å². The molecule has 3 rings (SSSR count). The number of halogens is 1. The second-order valence-electron chi connectivity index (χ2n) is 5.33. The summed E-state index contributed by atoms with van der Waals surface area (Å²) in [4.78, 5) is 4.87. The molecule has 1 aromatic carbocycles. The van der Waals surface area contributed by atoms with Crippen molar-refractivity contribution < 1.29 is 4.74 Å². The molecule has 1 saturated carbocycles. The molecular formula is C15H19ClN2OS. The second kappa shape index (κ2) is 6.27. The summed E-state index contributed by atoms with van der Waals surface area (Å²) in [5, 5.41) is 5.04. The van der Waals surface area contributed by atoms with Gasteiger partial charge in [0.1, 0.15) is 5.75 Å². The molecule has 20 heavy (non-hydrogen) atoms. The lowest BCUT2D eigenvalue weighted by Gasteiger charge is -2.32. The molecule has 2 unspecified atom stereocenters. The molecule has 5 heteroatoms. The van der Waals surface area contributed by atoms with Crippen LogP contribution in [0.25, 0.3) is 0 Å². The van der Waals surface area contributed by atoms with E-state index in [1.165, 1.54) is 31.4 Å². The maximum Gasteiger partial charge on any atom is 0.161 e. The molecule has 3 nitrogen and oxygen atoms in total. The first kappa shape index (κ1) is 14.1. The number of hydrogen-bond acceptors (Lipinski definition) is 4. The molecule has 1 aromatic rings. The zero-order valence-electron chi connectivity index (χ0n) is 11.6. The minimum absolute atomic E-state index is 0.515. The van der Waals surface area contributed by atoms with Gasteiger partial charge in [-0.1, -0.05) is 36.2 Å². The first-order valence-corrected chi connectivity index (χ1v) is 8.44. The first-order valence-electron chi connectivity index (χ1n) is 7.07. The van der Waals surface area contributed by atoms with Crippen LogP contribution in [-0.2, 0) is 0 Å². The number of anilines is 1. The van der Waals surface area contributed by atoms with Crippen molar-refractivity contribution in [2.24, 2.45) is 10.9 Å². The highest BCUT2D eigenvalue weighted by Gasteiger charge is 2.29. The van der Waals surface area contributed by atoms with Crippen LogP contribution in [0, 0.1) is 5.92 Å². The molecule has 1 aliphatic carbocycles. The number of rotatable bonds is 2. The maximum atomic E-state index is 6.04. The van der Waals surface area contributed by atoms with Crippen molar-refractivity contribution >= 4 is 34.2 Å². The minimum Gasteiger partial charge on any atom is -0.495 e. The summed E-state index contributed by atoms with van der Waals surface area (Å²) in [5.41, 5.74) is 0.978. The highest BCUT2D eigenvalue weighted by Crippen LogP contribution is 2.35. The summed E-state index contributed by atoms with van der Waals surface area (Å²) < 4.78 is 5.24. The van der Waals surface area contributed by atoms with Crippen molar-refractivity contribution in [3.05, 3.63) is 23.2 Å². The van der Waals surface area contributed by atoms with E-state index >= 15 is 0 Å². The Bertz CT molecular complexity index is 521. The third-order valence-corrected chi connectivity index (χ3v) is 5.38. The fourth-order valence-corrected chi connectivity index (χ4v) is 4.21. The molecule has 0 amide bonds. The van der Waals surface area contributed by atoms with Gasteiger partial charge in [-0.25, -0.2) is 0 Å². The largest absolute Gasteiger partial charge is 0.495 e. The highest BCUT2D eigenvalue weighted by atomic mass is 35.5. The standard InChI is InChI=1S/C15H19ClN2OS/c1-19-14-8-11(6-7-12(14)16)17-15-18-13-5-3-2-4-10(13)9-20-15/h6-8,10,13H,2-5,9H2,1H3,(H,17,18). The Morgan fingerprint density at radius 1 is 1.35 bits per heavy atom. The molecule has 1 aliphatic heterocycles. The Kier molecular flexibility index (Phi) is 4.41. The molecule has 0 saturated heterocycles. The van der Waals surface area contributed by atoms with Crippen molar-refractivity contribution in [3.63, 3.8) is 0 Å². The van der Waals surface area contributed by atoms with Crippen molar-refractivity contribution in [2.75, 3.05) is 18.2 Å². The maximum absolute atomic E-state index is 6.04. The number of nitrogens with zero attached hydrogens (tertiary/aromatic N) is 1. The lowest BCUT2D eigenvalue weighted by Crippen LogP contribution is -2.31. The van der Waals surface area contributed by atoms with Crippen LogP contribution in [0.1, 0.15) is 25.7 Å². The molecule has 1 N–H and O–H groups in total. The minimum atomic E-state index is 0.515. The molecule has 0 spiro atoms. The van der Waals surface area contributed by atoms with Gasteiger partial charge in [-0.3, -0.25) is 4.99 Å². The van der Waals surface area contributed by atoms with Crippen LogP contribution in [0.4, 0.5) is 5.69 Å². The molecule has 2 aliphatic rings. The number of thioether (sulfide) groups is 1. The SMILES string of the molecule is COc1cc(NC2=NC3CCCCC3CS2)ccc1Cl. The quantitative estimate of drug-likeness (QED) is 0.877. The van der Waals surface area contributed by atoms with Gasteiger partial charge >= 0.3 is 0 Å². The molecular weight excluding hydrogens is 292 g/mol. The van der Waals surface area contributed by atoms with Crippen LogP contribution in [0.5, 0.6) is 5.75 Å². The normalized spacial score (nSPS) is 25.6. The number of aliphatic imine (C=N–C) groups is 1. The van der Waals surface area contributed by atoms with Crippen LogP contribution in [0.3, 0.4) is 0 Å². The van der Waals surface area contributed by atoms with E-state index in [9.17, 15) is 0 Å². The molecule has 0 aromatic heterocycles. The molecule has 1 heterocycles. The average Bonchev–Trinajstić information content (AvgIpc) is 2.49. The summed E-state index contributed by atoms with van der Waals surface area (Å²) >= 11 is 7.87. The zero-order valence-corrected chi connectivity index (χ0v) is 13.1. The first-order chi connectivity index (χ1) is 9.76. The van der Waals surface area contributed by atoms with Crippen LogP contribution in [0.2, 0.25) is 5.02 Å². The Morgan fingerprint density at radius 3 is 3.05 bits per heavy atom. The van der Waals surface area contributed by atoms with Gasteiger partial charge in [0.2, 0.25) is 0 Å². The smallest absolute Gasteiger partial charge is 0.161 e. The van der Waals surface area contributed by atoms with Gasteiger partial charge in [-0.05, 0) is 30.9 Å². The molecule has 108 valence electrons. The fraction of sp³-hybridized carbons (Fsp3) is 0.533.